The molecule has 1 heterocycles. The quantitative estimate of drug-likeness (QED) is 0.778. The van der Waals surface area contributed by atoms with Crippen molar-refractivity contribution in [2.45, 2.75) is 57.3 Å². The second kappa shape index (κ2) is 7.04. The van der Waals surface area contributed by atoms with Crippen molar-refractivity contribution in [2.75, 3.05) is 20.3 Å². The molecule has 0 radical (unpaired) electrons. The van der Waals surface area contributed by atoms with Crippen LogP contribution in [0, 0.1) is 0 Å². The number of aldehydes is 1. The minimum Gasteiger partial charge on any atom is -0.444 e. The average molecular weight is 287 g/mol. The number of hydrogen-bond donors (Lipinski definition) is 1. The van der Waals surface area contributed by atoms with Gasteiger partial charge >= 0.3 is 6.09 Å². The zero-order valence-corrected chi connectivity index (χ0v) is 12.7. The minimum absolute atomic E-state index is 0.256. The summed E-state index contributed by atoms with van der Waals surface area (Å²) < 4.78 is 16.1. The SMILES string of the molecule is COCC1(C(C=O)NC(=O)OC(C)(C)C)CCCCO1. The van der Waals surface area contributed by atoms with Gasteiger partial charge in [-0.05, 0) is 40.0 Å². The molecule has 1 aliphatic rings. The molecule has 0 saturated carbocycles. The average Bonchev–Trinajstić information content (AvgIpc) is 2.35. The fraction of sp³-hybridized carbons (Fsp3) is 0.857. The van der Waals surface area contributed by atoms with Crippen LogP contribution < -0.4 is 5.32 Å². The van der Waals surface area contributed by atoms with Gasteiger partial charge in [-0.15, -0.1) is 0 Å². The fourth-order valence-corrected chi connectivity index (χ4v) is 2.29. The number of alkyl carbamates (subject to hydrolysis) is 1. The second-order valence-electron chi connectivity index (χ2n) is 6.06. The zero-order valence-electron chi connectivity index (χ0n) is 12.7. The van der Waals surface area contributed by atoms with Gasteiger partial charge in [0, 0.05) is 13.7 Å². The van der Waals surface area contributed by atoms with Crippen LogP contribution in [0.2, 0.25) is 0 Å². The summed E-state index contributed by atoms with van der Waals surface area (Å²) >= 11 is 0. The Labute approximate surface area is 120 Å². The Morgan fingerprint density at radius 1 is 1.45 bits per heavy atom. The maximum atomic E-state index is 11.8. The Bertz CT molecular complexity index is 325. The molecule has 0 spiro atoms. The van der Waals surface area contributed by atoms with E-state index in [0.717, 1.165) is 12.8 Å². The molecule has 1 saturated heterocycles. The Morgan fingerprint density at radius 3 is 2.60 bits per heavy atom. The molecule has 0 aromatic rings. The Hall–Kier alpha value is -1.14. The van der Waals surface area contributed by atoms with E-state index in [1.165, 1.54) is 0 Å². The van der Waals surface area contributed by atoms with Crippen LogP contribution in [0.5, 0.6) is 0 Å². The molecule has 0 aliphatic carbocycles. The van der Waals surface area contributed by atoms with Crippen molar-refractivity contribution in [1.82, 2.24) is 5.32 Å². The molecule has 1 rings (SSSR count). The first-order valence-corrected chi connectivity index (χ1v) is 6.91. The smallest absolute Gasteiger partial charge is 0.408 e. The lowest BCUT2D eigenvalue weighted by Crippen LogP contribution is -2.59. The summed E-state index contributed by atoms with van der Waals surface area (Å²) in [6.45, 7) is 6.12. The molecule has 2 unspecified atom stereocenters. The summed E-state index contributed by atoms with van der Waals surface area (Å²) in [7, 11) is 1.55. The summed E-state index contributed by atoms with van der Waals surface area (Å²) in [5.41, 5.74) is -1.41. The van der Waals surface area contributed by atoms with E-state index in [4.69, 9.17) is 14.2 Å². The molecule has 6 nitrogen and oxygen atoms in total. The predicted molar refractivity (Wildman–Crippen MR) is 73.6 cm³/mol. The Balaban J connectivity index is 2.75. The molecule has 116 valence electrons. The van der Waals surface area contributed by atoms with Crippen molar-refractivity contribution in [3.05, 3.63) is 0 Å². The van der Waals surface area contributed by atoms with Crippen LogP contribution in [0.3, 0.4) is 0 Å². The van der Waals surface area contributed by atoms with Crippen molar-refractivity contribution >= 4 is 12.4 Å². The van der Waals surface area contributed by atoms with Crippen molar-refractivity contribution in [2.24, 2.45) is 0 Å². The second-order valence-corrected chi connectivity index (χ2v) is 6.06. The molecule has 6 heteroatoms. The van der Waals surface area contributed by atoms with Crippen LogP contribution in [0.25, 0.3) is 0 Å². The lowest BCUT2D eigenvalue weighted by molar-refractivity contribution is -0.144. The zero-order chi connectivity index (χ0) is 15.2. The summed E-state index contributed by atoms with van der Waals surface area (Å²) in [5.74, 6) is 0. The number of carbonyl (C=O) groups is 2. The van der Waals surface area contributed by atoms with Crippen molar-refractivity contribution in [3.63, 3.8) is 0 Å². The summed E-state index contributed by atoms with van der Waals surface area (Å²) in [6, 6.07) is -0.780. The molecule has 1 N–H and O–H groups in total. The molecule has 1 fully saturated rings. The largest absolute Gasteiger partial charge is 0.444 e. The van der Waals surface area contributed by atoms with Crippen LogP contribution in [0.1, 0.15) is 40.0 Å². The maximum absolute atomic E-state index is 11.8. The number of ether oxygens (including phenoxy) is 3. The van der Waals surface area contributed by atoms with Crippen molar-refractivity contribution in [1.29, 1.82) is 0 Å². The third kappa shape index (κ3) is 4.76. The van der Waals surface area contributed by atoms with Crippen LogP contribution in [-0.2, 0) is 19.0 Å². The van der Waals surface area contributed by atoms with E-state index < -0.39 is 23.3 Å². The standard InChI is InChI=1S/C14H25NO5/c1-13(2,3)20-12(17)15-11(9-16)14(10-18-4)7-5-6-8-19-14/h9,11H,5-8,10H2,1-4H3,(H,15,17). The highest BCUT2D eigenvalue weighted by Crippen LogP contribution is 2.28. The van der Waals surface area contributed by atoms with Crippen LogP contribution >= 0.6 is 0 Å². The van der Waals surface area contributed by atoms with Gasteiger partial charge in [0.15, 0.2) is 0 Å². The van der Waals surface area contributed by atoms with Gasteiger partial charge in [0.25, 0.3) is 0 Å². The number of methoxy groups -OCH3 is 1. The van der Waals surface area contributed by atoms with Gasteiger partial charge in [-0.2, -0.15) is 0 Å². The van der Waals surface area contributed by atoms with E-state index in [2.05, 4.69) is 5.32 Å². The monoisotopic (exact) mass is 287 g/mol. The van der Waals surface area contributed by atoms with Gasteiger partial charge in [0.1, 0.15) is 23.5 Å². The highest BCUT2D eigenvalue weighted by Gasteiger charge is 2.43. The lowest BCUT2D eigenvalue weighted by atomic mass is 9.87. The molecule has 0 aromatic carbocycles. The molecular weight excluding hydrogens is 262 g/mol. The number of hydrogen-bond acceptors (Lipinski definition) is 5. The summed E-state index contributed by atoms with van der Waals surface area (Å²) in [4.78, 5) is 23.2. The van der Waals surface area contributed by atoms with Gasteiger partial charge in [-0.3, -0.25) is 0 Å². The molecule has 2 atom stereocenters. The predicted octanol–water partition coefficient (Wildman–Crippen LogP) is 1.66. The first-order chi connectivity index (χ1) is 9.33. The van der Waals surface area contributed by atoms with Gasteiger partial charge in [-0.1, -0.05) is 0 Å². The molecule has 0 aromatic heterocycles. The van der Waals surface area contributed by atoms with Gasteiger partial charge in [0.2, 0.25) is 0 Å². The van der Waals surface area contributed by atoms with Gasteiger partial charge in [-0.25, -0.2) is 4.79 Å². The normalized spacial score (nSPS) is 24.8. The highest BCUT2D eigenvalue weighted by atomic mass is 16.6. The molecular formula is C14H25NO5. The highest BCUT2D eigenvalue weighted by molar-refractivity contribution is 5.74. The fourth-order valence-electron chi connectivity index (χ4n) is 2.29. The Kier molecular flexibility index (Phi) is 5.95. The Morgan fingerprint density at radius 2 is 2.15 bits per heavy atom. The maximum Gasteiger partial charge on any atom is 0.408 e. The van der Waals surface area contributed by atoms with Gasteiger partial charge in [0.05, 0.1) is 6.61 Å². The van der Waals surface area contributed by atoms with E-state index >= 15 is 0 Å². The van der Waals surface area contributed by atoms with Crippen molar-refractivity contribution < 1.29 is 23.8 Å². The molecule has 20 heavy (non-hydrogen) atoms. The topological polar surface area (TPSA) is 73.9 Å². The first-order valence-electron chi connectivity index (χ1n) is 6.91. The molecule has 0 bridgehead atoms. The third-order valence-electron chi connectivity index (χ3n) is 3.15. The number of carbonyl (C=O) groups excluding carboxylic acids is 2. The van der Waals surface area contributed by atoms with E-state index in [9.17, 15) is 9.59 Å². The van der Waals surface area contributed by atoms with E-state index in [1.807, 2.05) is 0 Å². The van der Waals surface area contributed by atoms with Gasteiger partial charge < -0.3 is 24.3 Å². The van der Waals surface area contributed by atoms with E-state index in [-0.39, 0.29) is 6.61 Å². The third-order valence-corrected chi connectivity index (χ3v) is 3.15. The number of nitrogens with one attached hydrogen (secondary N) is 1. The van der Waals surface area contributed by atoms with Crippen LogP contribution in [0.15, 0.2) is 0 Å². The van der Waals surface area contributed by atoms with Crippen LogP contribution in [0.4, 0.5) is 4.79 Å². The molecule has 1 aliphatic heterocycles. The summed E-state index contributed by atoms with van der Waals surface area (Å²) in [5, 5.41) is 2.58. The van der Waals surface area contributed by atoms with Crippen LogP contribution in [-0.4, -0.2) is 49.9 Å². The minimum atomic E-state index is -0.800. The lowest BCUT2D eigenvalue weighted by Gasteiger charge is -2.40. The van der Waals surface area contributed by atoms with E-state index in [1.54, 1.807) is 27.9 Å². The number of rotatable bonds is 5. The molecule has 1 amide bonds. The number of amides is 1. The van der Waals surface area contributed by atoms with Crippen molar-refractivity contribution in [3.8, 4) is 0 Å². The van der Waals surface area contributed by atoms with E-state index in [0.29, 0.717) is 19.3 Å². The summed E-state index contributed by atoms with van der Waals surface area (Å²) in [6.07, 6.45) is 2.61. The first kappa shape index (κ1) is 16.9.